The number of carbonyl (C=O) groups is 3. The third-order valence-corrected chi connectivity index (χ3v) is 8.35. The van der Waals surface area contributed by atoms with E-state index in [-0.39, 0.29) is 31.5 Å². The maximum absolute atomic E-state index is 12.3. The highest BCUT2D eigenvalue weighted by Gasteiger charge is 2.23. The van der Waals surface area contributed by atoms with Crippen LogP contribution < -0.4 is 0 Å². The zero-order valence-electron chi connectivity index (χ0n) is 30.0. The van der Waals surface area contributed by atoms with Gasteiger partial charge in [-0.2, -0.15) is 0 Å². The van der Waals surface area contributed by atoms with Crippen molar-refractivity contribution in [2.24, 2.45) is 5.92 Å². The van der Waals surface area contributed by atoms with Crippen molar-refractivity contribution in [1.82, 2.24) is 0 Å². The number of phosphoric acid groups is 1. The van der Waals surface area contributed by atoms with Crippen molar-refractivity contribution in [2.75, 3.05) is 13.2 Å². The molecule has 0 fully saturated rings. The first-order valence-electron chi connectivity index (χ1n) is 18.3. The summed E-state index contributed by atoms with van der Waals surface area (Å²) < 4.78 is 26.1. The lowest BCUT2D eigenvalue weighted by atomic mass is 9.99. The number of ketones is 1. The Labute approximate surface area is 290 Å². The minimum absolute atomic E-state index is 0.0227. The fourth-order valence-electron chi connectivity index (χ4n) is 4.71. The van der Waals surface area contributed by atoms with E-state index >= 15 is 0 Å². The highest BCUT2D eigenvalue weighted by atomic mass is 31.2. The van der Waals surface area contributed by atoms with Gasteiger partial charge in [0, 0.05) is 19.3 Å². The lowest BCUT2D eigenvalue weighted by Gasteiger charge is -2.18. The van der Waals surface area contributed by atoms with Gasteiger partial charge in [-0.15, -0.1) is 0 Å². The van der Waals surface area contributed by atoms with Gasteiger partial charge < -0.3 is 19.3 Å². The molecule has 0 saturated carbocycles. The molecule has 0 aliphatic carbocycles. The molecule has 0 heterocycles. The molecule has 0 spiro atoms. The molecule has 48 heavy (non-hydrogen) atoms. The van der Waals surface area contributed by atoms with Crippen LogP contribution in [0.25, 0.3) is 0 Å². The first kappa shape index (κ1) is 45.7. The van der Waals surface area contributed by atoms with E-state index in [4.69, 9.17) is 19.3 Å². The number of unbranched alkanes of at least 4 members (excludes halogenated alkanes) is 10. The maximum Gasteiger partial charge on any atom is 0.469 e. The third kappa shape index (κ3) is 33.6. The van der Waals surface area contributed by atoms with Gasteiger partial charge in [0.25, 0.3) is 0 Å². The number of rotatable bonds is 32. The van der Waals surface area contributed by atoms with Crippen LogP contribution in [0.5, 0.6) is 0 Å². The Kier molecular flexibility index (Phi) is 30.4. The Morgan fingerprint density at radius 3 is 1.98 bits per heavy atom. The topological polar surface area (TPSA) is 136 Å². The molecule has 276 valence electrons. The van der Waals surface area contributed by atoms with E-state index in [1.807, 2.05) is 12.2 Å². The molecule has 0 aromatic carbocycles. The second-order valence-corrected chi connectivity index (χ2v) is 13.7. The van der Waals surface area contributed by atoms with Crippen molar-refractivity contribution >= 4 is 25.5 Å². The molecule has 0 aliphatic heterocycles. The van der Waals surface area contributed by atoms with Gasteiger partial charge in [-0.05, 0) is 50.5 Å². The van der Waals surface area contributed by atoms with E-state index in [0.717, 1.165) is 44.4 Å². The number of phosphoric ester groups is 1. The molecular weight excluding hydrogens is 631 g/mol. The number of allylic oxidation sites excluding steroid dienone is 8. The van der Waals surface area contributed by atoms with Gasteiger partial charge >= 0.3 is 19.8 Å². The first-order chi connectivity index (χ1) is 23.1. The van der Waals surface area contributed by atoms with Crippen LogP contribution in [-0.2, 0) is 32.9 Å². The molecule has 0 rings (SSSR count). The van der Waals surface area contributed by atoms with Crippen LogP contribution in [0.3, 0.4) is 0 Å². The Morgan fingerprint density at radius 2 is 1.31 bits per heavy atom. The summed E-state index contributed by atoms with van der Waals surface area (Å²) in [6, 6.07) is 0. The predicted octanol–water partition coefficient (Wildman–Crippen LogP) is 9.82. The van der Waals surface area contributed by atoms with Crippen LogP contribution in [0.2, 0.25) is 0 Å². The first-order valence-corrected chi connectivity index (χ1v) is 19.8. The smallest absolute Gasteiger partial charge is 0.462 e. The molecule has 0 amide bonds. The fraction of sp³-hybridized carbons (Fsp3) is 0.711. The van der Waals surface area contributed by atoms with Gasteiger partial charge in [-0.1, -0.05) is 134 Å². The zero-order valence-corrected chi connectivity index (χ0v) is 30.9. The van der Waals surface area contributed by atoms with Crippen molar-refractivity contribution in [3.63, 3.8) is 0 Å². The van der Waals surface area contributed by atoms with Crippen molar-refractivity contribution < 1.29 is 42.7 Å². The highest BCUT2D eigenvalue weighted by molar-refractivity contribution is 7.46. The molecule has 10 heteroatoms. The normalized spacial score (nSPS) is 13.6. The lowest BCUT2D eigenvalue weighted by molar-refractivity contribution is -0.161. The average molecular weight is 697 g/mol. The zero-order chi connectivity index (χ0) is 35.7. The summed E-state index contributed by atoms with van der Waals surface area (Å²) in [5.74, 6) is -0.455. The third-order valence-electron chi connectivity index (χ3n) is 7.87. The molecule has 1 unspecified atom stereocenters. The summed E-state index contributed by atoms with van der Waals surface area (Å²) in [7, 11) is -4.80. The van der Waals surface area contributed by atoms with Crippen LogP contribution in [0.15, 0.2) is 48.6 Å². The number of carbonyl (C=O) groups excluding carboxylic acids is 3. The lowest BCUT2D eigenvalue weighted by Crippen LogP contribution is -2.29. The Hall–Kier alpha value is -2.32. The summed E-state index contributed by atoms with van der Waals surface area (Å²) in [6.07, 6.45) is 32.8. The molecule has 0 aromatic rings. The van der Waals surface area contributed by atoms with Gasteiger partial charge in [0.15, 0.2) is 11.9 Å². The molecule has 9 nitrogen and oxygen atoms in total. The van der Waals surface area contributed by atoms with Gasteiger partial charge in [0.1, 0.15) is 6.61 Å². The van der Waals surface area contributed by atoms with Crippen molar-refractivity contribution in [3.8, 4) is 0 Å². The number of ether oxygens (including phenoxy) is 2. The second-order valence-electron chi connectivity index (χ2n) is 12.5. The Balaban J connectivity index is 4.22. The number of esters is 2. The van der Waals surface area contributed by atoms with Gasteiger partial charge in [0.2, 0.25) is 0 Å². The Morgan fingerprint density at radius 1 is 0.688 bits per heavy atom. The fourth-order valence-corrected chi connectivity index (χ4v) is 5.07. The van der Waals surface area contributed by atoms with Gasteiger partial charge in [0.05, 0.1) is 6.61 Å². The molecule has 0 aromatic heterocycles. The maximum atomic E-state index is 12.3. The van der Waals surface area contributed by atoms with E-state index in [1.54, 1.807) is 6.08 Å². The molecule has 0 aliphatic rings. The number of hydrogen-bond donors (Lipinski definition) is 2. The van der Waals surface area contributed by atoms with Crippen LogP contribution in [-0.4, -0.2) is 46.8 Å². The predicted molar refractivity (Wildman–Crippen MR) is 193 cm³/mol. The molecule has 2 N–H and O–H groups in total. The molecule has 2 atom stereocenters. The van der Waals surface area contributed by atoms with E-state index in [9.17, 15) is 18.9 Å². The van der Waals surface area contributed by atoms with Crippen LogP contribution in [0.4, 0.5) is 0 Å². The standard InChI is InChI=1S/C38H65O9P/c1-4-6-7-8-9-10-11-12-13-14-18-21-24-28-35(39)29-26-31-37(40)45-32-36(33-46-48(42,43)44)47-38(41)30-25-22-19-16-15-17-20-23-27-34(3)5-2/h9-10,12-13,18,21,24,28,34,36H,4-8,11,14-17,19-20,22-23,25-27,29-33H2,1-3H3,(H2,42,43,44)/b10-9-,13-12-,21-18-,28-24+/t34?,36-/m1/s1. The van der Waals surface area contributed by atoms with E-state index in [2.05, 4.69) is 49.6 Å². The van der Waals surface area contributed by atoms with Gasteiger partial charge in [-0.25, -0.2) is 4.57 Å². The average Bonchev–Trinajstić information content (AvgIpc) is 3.04. The SMILES string of the molecule is CCCCC/C=C\C/C=C\C/C=C\C=C\C(=O)CCCC(=O)OC[C@H](COP(=O)(O)O)OC(=O)CCCCCCCCCCC(C)CC. The summed E-state index contributed by atoms with van der Waals surface area (Å²) >= 11 is 0. The van der Waals surface area contributed by atoms with Crippen LogP contribution >= 0.6 is 7.82 Å². The van der Waals surface area contributed by atoms with E-state index < -0.39 is 39.1 Å². The second kappa shape index (κ2) is 31.9. The number of hydrogen-bond acceptors (Lipinski definition) is 7. The van der Waals surface area contributed by atoms with E-state index in [0.29, 0.717) is 6.42 Å². The summed E-state index contributed by atoms with van der Waals surface area (Å²) in [4.78, 5) is 54.7. The molecule has 0 radical (unpaired) electrons. The van der Waals surface area contributed by atoms with Gasteiger partial charge in [-0.3, -0.25) is 18.9 Å². The largest absolute Gasteiger partial charge is 0.469 e. The Bertz CT molecular complexity index is 996. The summed E-state index contributed by atoms with van der Waals surface area (Å²) in [5, 5.41) is 0. The van der Waals surface area contributed by atoms with E-state index in [1.165, 1.54) is 63.9 Å². The minimum Gasteiger partial charge on any atom is -0.462 e. The van der Waals surface area contributed by atoms with Crippen molar-refractivity contribution in [3.05, 3.63) is 48.6 Å². The molecule has 0 saturated heterocycles. The van der Waals surface area contributed by atoms with Crippen molar-refractivity contribution in [2.45, 2.75) is 155 Å². The highest BCUT2D eigenvalue weighted by Crippen LogP contribution is 2.36. The summed E-state index contributed by atoms with van der Waals surface area (Å²) in [5.41, 5.74) is 0. The summed E-state index contributed by atoms with van der Waals surface area (Å²) in [6.45, 7) is 5.72. The van der Waals surface area contributed by atoms with Crippen LogP contribution in [0.1, 0.15) is 149 Å². The quantitative estimate of drug-likeness (QED) is 0.0176. The molecule has 0 bridgehead atoms. The molecular formula is C38H65O9P. The monoisotopic (exact) mass is 696 g/mol. The van der Waals surface area contributed by atoms with Crippen molar-refractivity contribution in [1.29, 1.82) is 0 Å². The minimum atomic E-state index is -4.80. The van der Waals surface area contributed by atoms with Crippen LogP contribution in [0, 0.1) is 5.92 Å².